The Hall–Kier alpha value is -1.78. The molecule has 1 amide bonds. The minimum atomic E-state index is -0.668. The Labute approximate surface area is 132 Å². The number of amides is 1. The molecule has 1 unspecified atom stereocenters. The zero-order chi connectivity index (χ0) is 16.9. The Kier molecular flexibility index (Phi) is 6.21. The molecular formula is C17H27FN2O2. The first kappa shape index (κ1) is 18.3. The minimum Gasteiger partial charge on any atom is -0.444 e. The van der Waals surface area contributed by atoms with Gasteiger partial charge in [0.15, 0.2) is 0 Å². The van der Waals surface area contributed by atoms with E-state index in [2.05, 4.69) is 31.4 Å². The molecule has 4 nitrogen and oxygen atoms in total. The van der Waals surface area contributed by atoms with Crippen molar-refractivity contribution in [1.82, 2.24) is 0 Å². The zero-order valence-corrected chi connectivity index (χ0v) is 14.3. The summed E-state index contributed by atoms with van der Waals surface area (Å²) in [6.45, 7) is 11.7. The van der Waals surface area contributed by atoms with Crippen molar-refractivity contribution in [1.29, 1.82) is 0 Å². The van der Waals surface area contributed by atoms with Gasteiger partial charge in [-0.25, -0.2) is 9.18 Å². The third kappa shape index (κ3) is 6.78. The maximum absolute atomic E-state index is 13.8. The number of benzene rings is 1. The van der Waals surface area contributed by atoms with Gasteiger partial charge >= 0.3 is 6.09 Å². The van der Waals surface area contributed by atoms with Crippen molar-refractivity contribution in [3.63, 3.8) is 0 Å². The summed E-state index contributed by atoms with van der Waals surface area (Å²) in [7, 11) is 0. The van der Waals surface area contributed by atoms with E-state index in [4.69, 9.17) is 4.74 Å². The molecule has 1 aromatic carbocycles. The molecule has 22 heavy (non-hydrogen) atoms. The Bertz CT molecular complexity index is 510. The van der Waals surface area contributed by atoms with Crippen LogP contribution in [0.15, 0.2) is 18.2 Å². The molecule has 2 N–H and O–H groups in total. The van der Waals surface area contributed by atoms with Gasteiger partial charge in [0.25, 0.3) is 0 Å². The van der Waals surface area contributed by atoms with Crippen molar-refractivity contribution in [2.24, 2.45) is 5.92 Å². The first-order valence-corrected chi connectivity index (χ1v) is 7.63. The van der Waals surface area contributed by atoms with Gasteiger partial charge in [0.2, 0.25) is 0 Å². The molecule has 124 valence electrons. The molecule has 0 heterocycles. The molecule has 1 aromatic rings. The second-order valence-corrected chi connectivity index (χ2v) is 7.00. The summed E-state index contributed by atoms with van der Waals surface area (Å²) in [6.07, 6.45) is 0.338. The van der Waals surface area contributed by atoms with Crippen LogP contribution in [0, 0.1) is 11.7 Å². The number of hydrogen-bond acceptors (Lipinski definition) is 3. The maximum atomic E-state index is 13.8. The van der Waals surface area contributed by atoms with Crippen LogP contribution in [-0.4, -0.2) is 17.7 Å². The maximum Gasteiger partial charge on any atom is 0.412 e. The molecule has 1 atom stereocenters. The molecule has 0 spiro atoms. The molecule has 0 saturated heterocycles. The van der Waals surface area contributed by atoms with E-state index < -0.39 is 17.5 Å². The number of carbonyl (C=O) groups excluding carboxylic acids is 1. The summed E-state index contributed by atoms with van der Waals surface area (Å²) in [6, 6.07) is 4.83. The van der Waals surface area contributed by atoms with Crippen LogP contribution in [0.1, 0.15) is 48.0 Å². The van der Waals surface area contributed by atoms with Gasteiger partial charge in [-0.3, -0.25) is 5.32 Å². The van der Waals surface area contributed by atoms with E-state index in [1.807, 2.05) is 0 Å². The number of ether oxygens (including phenoxy) is 1. The van der Waals surface area contributed by atoms with Gasteiger partial charge in [-0.1, -0.05) is 13.8 Å². The van der Waals surface area contributed by atoms with Gasteiger partial charge < -0.3 is 10.1 Å². The topological polar surface area (TPSA) is 50.4 Å². The van der Waals surface area contributed by atoms with Gasteiger partial charge in [0.05, 0.1) is 5.69 Å². The Morgan fingerprint density at radius 2 is 1.91 bits per heavy atom. The molecule has 1 rings (SSSR count). The van der Waals surface area contributed by atoms with Gasteiger partial charge in [-0.15, -0.1) is 0 Å². The SMILES string of the molecule is CC(C)CC(C)Nc1ccc(F)c(NC(=O)OC(C)(C)C)c1. The van der Waals surface area contributed by atoms with Gasteiger partial charge in [0.1, 0.15) is 11.4 Å². The summed E-state index contributed by atoms with van der Waals surface area (Å²) >= 11 is 0. The second-order valence-electron chi connectivity index (χ2n) is 7.00. The predicted octanol–water partition coefficient (Wildman–Crippen LogP) is 5.02. The van der Waals surface area contributed by atoms with E-state index in [1.54, 1.807) is 32.9 Å². The smallest absolute Gasteiger partial charge is 0.412 e. The molecule has 5 heteroatoms. The van der Waals surface area contributed by atoms with Crippen molar-refractivity contribution < 1.29 is 13.9 Å². The number of carbonyl (C=O) groups is 1. The molecule has 0 aromatic heterocycles. The first-order valence-electron chi connectivity index (χ1n) is 7.63. The fraction of sp³-hybridized carbons (Fsp3) is 0.588. The number of nitrogens with one attached hydrogen (secondary N) is 2. The molecule has 0 aliphatic heterocycles. The molecular weight excluding hydrogens is 283 g/mol. The highest BCUT2D eigenvalue weighted by atomic mass is 19.1. The van der Waals surface area contributed by atoms with Crippen LogP contribution in [0.2, 0.25) is 0 Å². The van der Waals surface area contributed by atoms with E-state index in [0.29, 0.717) is 5.92 Å². The Balaban J connectivity index is 2.75. The molecule has 0 aliphatic rings. The summed E-state index contributed by atoms with van der Waals surface area (Å²) in [5.74, 6) is 0.0789. The average Bonchev–Trinajstić information content (AvgIpc) is 2.29. The summed E-state index contributed by atoms with van der Waals surface area (Å²) in [5, 5.41) is 5.75. The van der Waals surface area contributed by atoms with Crippen molar-refractivity contribution in [2.45, 2.75) is 59.6 Å². The second kappa shape index (κ2) is 7.47. The van der Waals surface area contributed by atoms with E-state index in [1.165, 1.54) is 6.07 Å². The third-order valence-corrected chi connectivity index (χ3v) is 2.84. The van der Waals surface area contributed by atoms with Gasteiger partial charge in [0, 0.05) is 11.7 Å². The van der Waals surface area contributed by atoms with Crippen LogP contribution < -0.4 is 10.6 Å². The third-order valence-electron chi connectivity index (χ3n) is 2.84. The Morgan fingerprint density at radius 3 is 2.45 bits per heavy atom. The van der Waals surface area contributed by atoms with Gasteiger partial charge in [-0.2, -0.15) is 0 Å². The fourth-order valence-corrected chi connectivity index (χ4v) is 2.17. The number of hydrogen-bond donors (Lipinski definition) is 2. The highest BCUT2D eigenvalue weighted by molar-refractivity contribution is 5.85. The van der Waals surface area contributed by atoms with Crippen LogP contribution in [0.3, 0.4) is 0 Å². The standard InChI is InChI=1S/C17H27FN2O2/c1-11(2)9-12(3)19-13-7-8-14(18)15(10-13)20-16(21)22-17(4,5)6/h7-8,10-12,19H,9H2,1-6H3,(H,20,21). The van der Waals surface area contributed by atoms with Crippen molar-refractivity contribution >= 4 is 17.5 Å². The van der Waals surface area contributed by atoms with Gasteiger partial charge in [-0.05, 0) is 58.2 Å². The molecule has 0 radical (unpaired) electrons. The molecule has 0 saturated carbocycles. The van der Waals surface area contributed by atoms with Crippen LogP contribution >= 0.6 is 0 Å². The Morgan fingerprint density at radius 1 is 1.27 bits per heavy atom. The highest BCUT2D eigenvalue weighted by Crippen LogP contribution is 2.22. The van der Waals surface area contributed by atoms with Crippen LogP contribution in [0.25, 0.3) is 0 Å². The first-order chi connectivity index (χ1) is 10.1. The number of rotatable bonds is 5. The summed E-state index contributed by atoms with van der Waals surface area (Å²) < 4.78 is 18.9. The average molecular weight is 310 g/mol. The van der Waals surface area contributed by atoms with Crippen molar-refractivity contribution in [3.05, 3.63) is 24.0 Å². The monoisotopic (exact) mass is 310 g/mol. The summed E-state index contributed by atoms with van der Waals surface area (Å²) in [5.41, 5.74) is 0.249. The number of anilines is 2. The minimum absolute atomic E-state index is 0.107. The zero-order valence-electron chi connectivity index (χ0n) is 14.3. The van der Waals surface area contributed by atoms with E-state index in [9.17, 15) is 9.18 Å². The quantitative estimate of drug-likeness (QED) is 0.803. The predicted molar refractivity (Wildman–Crippen MR) is 88.8 cm³/mol. The van der Waals surface area contributed by atoms with E-state index in [0.717, 1.165) is 12.1 Å². The lowest BCUT2D eigenvalue weighted by molar-refractivity contribution is 0.0635. The van der Waals surface area contributed by atoms with Crippen LogP contribution in [0.5, 0.6) is 0 Å². The van der Waals surface area contributed by atoms with E-state index >= 15 is 0 Å². The van der Waals surface area contributed by atoms with Crippen LogP contribution in [0.4, 0.5) is 20.6 Å². The number of halogens is 1. The lowest BCUT2D eigenvalue weighted by atomic mass is 10.1. The lowest BCUT2D eigenvalue weighted by Gasteiger charge is -2.20. The van der Waals surface area contributed by atoms with E-state index in [-0.39, 0.29) is 11.7 Å². The lowest BCUT2D eigenvalue weighted by Crippen LogP contribution is -2.27. The van der Waals surface area contributed by atoms with Crippen molar-refractivity contribution in [2.75, 3.05) is 10.6 Å². The van der Waals surface area contributed by atoms with Crippen molar-refractivity contribution in [3.8, 4) is 0 Å². The normalized spacial score (nSPS) is 12.9. The van der Waals surface area contributed by atoms with Crippen LogP contribution in [-0.2, 0) is 4.74 Å². The molecule has 0 aliphatic carbocycles. The molecule has 0 bridgehead atoms. The fourth-order valence-electron chi connectivity index (χ4n) is 2.17. The largest absolute Gasteiger partial charge is 0.444 e. The summed E-state index contributed by atoms with van der Waals surface area (Å²) in [4.78, 5) is 11.7. The molecule has 0 fully saturated rings. The highest BCUT2D eigenvalue weighted by Gasteiger charge is 2.17.